The van der Waals surface area contributed by atoms with Crippen molar-refractivity contribution >= 4 is 23.4 Å². The molecule has 2 heterocycles. The lowest BCUT2D eigenvalue weighted by atomic mass is 10.1. The molecule has 7 nitrogen and oxygen atoms in total. The van der Waals surface area contributed by atoms with Crippen LogP contribution in [0.2, 0.25) is 0 Å². The van der Waals surface area contributed by atoms with E-state index in [2.05, 4.69) is 17.1 Å². The molecule has 0 spiro atoms. The molecule has 1 aromatic rings. The molecule has 156 valence electrons. The smallest absolute Gasteiger partial charge is 0.234 e. The van der Waals surface area contributed by atoms with Gasteiger partial charge in [0.05, 0.1) is 12.5 Å². The van der Waals surface area contributed by atoms with Crippen molar-refractivity contribution < 1.29 is 14.4 Å². The number of aryl methyl sites for hydroxylation is 1. The Bertz CT molecular complexity index is 767. The summed E-state index contributed by atoms with van der Waals surface area (Å²) < 4.78 is 0. The summed E-state index contributed by atoms with van der Waals surface area (Å²) in [5.41, 5.74) is 2.10. The lowest BCUT2D eigenvalue weighted by Gasteiger charge is -2.35. The molecule has 3 aliphatic rings. The van der Waals surface area contributed by atoms with Gasteiger partial charge in [0.1, 0.15) is 0 Å². The largest absolute Gasteiger partial charge is 0.352 e. The van der Waals surface area contributed by atoms with E-state index in [1.54, 1.807) is 4.90 Å². The molecule has 1 N–H and O–H groups in total. The second-order valence-corrected chi connectivity index (χ2v) is 8.37. The van der Waals surface area contributed by atoms with E-state index in [-0.39, 0.29) is 30.1 Å². The Balaban J connectivity index is 1.27. The van der Waals surface area contributed by atoms with Crippen LogP contribution >= 0.6 is 0 Å². The zero-order chi connectivity index (χ0) is 20.4. The van der Waals surface area contributed by atoms with Crippen LogP contribution in [-0.2, 0) is 20.8 Å². The van der Waals surface area contributed by atoms with Gasteiger partial charge >= 0.3 is 0 Å². The van der Waals surface area contributed by atoms with Gasteiger partial charge in [-0.1, -0.05) is 19.1 Å². The van der Waals surface area contributed by atoms with Crippen LogP contribution < -0.4 is 10.2 Å². The van der Waals surface area contributed by atoms with E-state index in [0.29, 0.717) is 45.3 Å². The highest BCUT2D eigenvalue weighted by atomic mass is 16.2. The van der Waals surface area contributed by atoms with Gasteiger partial charge in [-0.25, -0.2) is 0 Å². The SMILES string of the molecule is CCc1ccc(N2CC(C(=O)N3CCN(CC(=O)NC4CC4)CC3)CC2=O)cc1. The number of amides is 3. The Kier molecular flexibility index (Phi) is 5.85. The molecule has 2 aliphatic heterocycles. The van der Waals surface area contributed by atoms with Crippen molar-refractivity contribution in [2.24, 2.45) is 5.92 Å². The summed E-state index contributed by atoms with van der Waals surface area (Å²) in [5, 5.41) is 3.01. The van der Waals surface area contributed by atoms with E-state index in [0.717, 1.165) is 24.9 Å². The van der Waals surface area contributed by atoms with E-state index in [1.807, 2.05) is 29.2 Å². The van der Waals surface area contributed by atoms with Crippen molar-refractivity contribution in [1.29, 1.82) is 0 Å². The average Bonchev–Trinajstić information content (AvgIpc) is 3.46. The van der Waals surface area contributed by atoms with Crippen molar-refractivity contribution in [2.45, 2.75) is 38.6 Å². The van der Waals surface area contributed by atoms with Crippen molar-refractivity contribution in [3.8, 4) is 0 Å². The molecule has 0 aromatic heterocycles. The molecule has 2 saturated heterocycles. The predicted molar refractivity (Wildman–Crippen MR) is 110 cm³/mol. The summed E-state index contributed by atoms with van der Waals surface area (Å²) in [5.74, 6) is -0.118. The topological polar surface area (TPSA) is 73.0 Å². The third-order valence-corrected chi connectivity index (χ3v) is 6.12. The maximum absolute atomic E-state index is 13.0. The standard InChI is InChI=1S/C22H30N4O3/c1-2-16-3-7-19(8-4-16)26-14-17(13-21(26)28)22(29)25-11-9-24(10-12-25)15-20(27)23-18-5-6-18/h3-4,7-8,17-18H,2,5-6,9-15H2,1H3,(H,23,27). The molecular weight excluding hydrogens is 368 g/mol. The first kappa shape index (κ1) is 19.9. The van der Waals surface area contributed by atoms with Crippen LogP contribution in [0.25, 0.3) is 0 Å². The number of carbonyl (C=O) groups excluding carboxylic acids is 3. The van der Waals surface area contributed by atoms with Crippen molar-refractivity contribution in [2.75, 3.05) is 44.2 Å². The second-order valence-electron chi connectivity index (χ2n) is 8.37. The molecule has 7 heteroatoms. The summed E-state index contributed by atoms with van der Waals surface area (Å²) >= 11 is 0. The summed E-state index contributed by atoms with van der Waals surface area (Å²) in [6.45, 7) is 5.59. The quantitative estimate of drug-likeness (QED) is 0.777. The van der Waals surface area contributed by atoms with Gasteiger partial charge in [0.2, 0.25) is 17.7 Å². The van der Waals surface area contributed by atoms with Crippen molar-refractivity contribution in [1.82, 2.24) is 15.1 Å². The van der Waals surface area contributed by atoms with Crippen molar-refractivity contribution in [3.05, 3.63) is 29.8 Å². The minimum absolute atomic E-state index is 0.0166. The number of benzene rings is 1. The molecule has 1 atom stereocenters. The van der Waals surface area contributed by atoms with Gasteiger partial charge in [0, 0.05) is 50.9 Å². The monoisotopic (exact) mass is 398 g/mol. The first-order valence-corrected chi connectivity index (χ1v) is 10.7. The number of nitrogens with zero attached hydrogens (tertiary/aromatic N) is 3. The molecule has 0 radical (unpaired) electrons. The van der Waals surface area contributed by atoms with Crippen LogP contribution in [0.1, 0.15) is 31.7 Å². The van der Waals surface area contributed by atoms with E-state index in [4.69, 9.17) is 0 Å². The summed E-state index contributed by atoms with van der Waals surface area (Å²) in [6.07, 6.45) is 3.42. The second kappa shape index (κ2) is 8.53. The van der Waals surface area contributed by atoms with Gasteiger partial charge in [-0.2, -0.15) is 0 Å². The molecule has 1 aliphatic carbocycles. The number of rotatable bonds is 6. The van der Waals surface area contributed by atoms with Gasteiger partial charge in [0.25, 0.3) is 0 Å². The lowest BCUT2D eigenvalue weighted by molar-refractivity contribution is -0.137. The summed E-state index contributed by atoms with van der Waals surface area (Å²) in [7, 11) is 0. The third-order valence-electron chi connectivity index (χ3n) is 6.12. The average molecular weight is 399 g/mol. The molecular formula is C22H30N4O3. The fourth-order valence-corrected chi connectivity index (χ4v) is 4.12. The van der Waals surface area contributed by atoms with E-state index < -0.39 is 0 Å². The minimum atomic E-state index is -0.280. The van der Waals surface area contributed by atoms with Crippen LogP contribution in [0.4, 0.5) is 5.69 Å². The predicted octanol–water partition coefficient (Wildman–Crippen LogP) is 1.02. The number of hydrogen-bond donors (Lipinski definition) is 1. The Morgan fingerprint density at radius 2 is 1.76 bits per heavy atom. The molecule has 4 rings (SSSR count). The van der Waals surface area contributed by atoms with Gasteiger partial charge < -0.3 is 15.1 Å². The molecule has 1 unspecified atom stereocenters. The lowest BCUT2D eigenvalue weighted by Crippen LogP contribution is -2.52. The van der Waals surface area contributed by atoms with Crippen LogP contribution in [0.3, 0.4) is 0 Å². The van der Waals surface area contributed by atoms with Crippen LogP contribution in [-0.4, -0.2) is 72.8 Å². The highest BCUT2D eigenvalue weighted by Gasteiger charge is 2.38. The first-order valence-electron chi connectivity index (χ1n) is 10.7. The molecule has 3 amide bonds. The zero-order valence-corrected chi connectivity index (χ0v) is 17.1. The number of nitrogens with one attached hydrogen (secondary N) is 1. The fraction of sp³-hybridized carbons (Fsp3) is 0.591. The molecule has 1 saturated carbocycles. The van der Waals surface area contributed by atoms with Crippen molar-refractivity contribution in [3.63, 3.8) is 0 Å². The maximum Gasteiger partial charge on any atom is 0.234 e. The zero-order valence-electron chi connectivity index (χ0n) is 17.1. The number of anilines is 1. The molecule has 29 heavy (non-hydrogen) atoms. The van der Waals surface area contributed by atoms with Crippen LogP contribution in [0.5, 0.6) is 0 Å². The van der Waals surface area contributed by atoms with Gasteiger partial charge in [0.15, 0.2) is 0 Å². The van der Waals surface area contributed by atoms with E-state index >= 15 is 0 Å². The summed E-state index contributed by atoms with van der Waals surface area (Å²) in [4.78, 5) is 43.1. The number of hydrogen-bond acceptors (Lipinski definition) is 4. The highest BCUT2D eigenvalue weighted by molar-refractivity contribution is 6.00. The highest BCUT2D eigenvalue weighted by Crippen LogP contribution is 2.27. The van der Waals surface area contributed by atoms with Gasteiger partial charge in [-0.15, -0.1) is 0 Å². The van der Waals surface area contributed by atoms with E-state index in [1.165, 1.54) is 5.56 Å². The van der Waals surface area contributed by atoms with E-state index in [9.17, 15) is 14.4 Å². The fourth-order valence-electron chi connectivity index (χ4n) is 4.12. The maximum atomic E-state index is 13.0. The van der Waals surface area contributed by atoms with Gasteiger partial charge in [-0.3, -0.25) is 19.3 Å². The Morgan fingerprint density at radius 3 is 2.38 bits per heavy atom. The molecule has 1 aromatic carbocycles. The minimum Gasteiger partial charge on any atom is -0.352 e. The number of carbonyl (C=O) groups is 3. The van der Waals surface area contributed by atoms with Gasteiger partial charge in [-0.05, 0) is 37.0 Å². The molecule has 0 bridgehead atoms. The first-order chi connectivity index (χ1) is 14.0. The Labute approximate surface area is 172 Å². The Hall–Kier alpha value is -2.41. The molecule has 3 fully saturated rings. The summed E-state index contributed by atoms with van der Waals surface area (Å²) in [6, 6.07) is 8.39. The Morgan fingerprint density at radius 1 is 1.07 bits per heavy atom. The van der Waals surface area contributed by atoms with Crippen LogP contribution in [0, 0.1) is 5.92 Å². The number of piperazine rings is 1. The van der Waals surface area contributed by atoms with Crippen LogP contribution in [0.15, 0.2) is 24.3 Å². The third kappa shape index (κ3) is 4.78. The normalized spacial score (nSPS) is 22.8.